The molecule has 1 fully saturated rings. The van der Waals surface area contributed by atoms with E-state index in [9.17, 15) is 18.0 Å². The number of piperidine rings is 1. The molecule has 1 aromatic heterocycles. The van der Waals surface area contributed by atoms with Crippen LogP contribution in [0.2, 0.25) is 0 Å². The minimum atomic E-state index is -3.49. The molecule has 0 radical (unpaired) electrons. The summed E-state index contributed by atoms with van der Waals surface area (Å²) in [6.45, 7) is 4.52. The average molecular weight is 450 g/mol. The van der Waals surface area contributed by atoms with Crippen LogP contribution < -0.4 is 10.6 Å². The van der Waals surface area contributed by atoms with E-state index >= 15 is 0 Å². The third-order valence-electron chi connectivity index (χ3n) is 5.33. The van der Waals surface area contributed by atoms with Crippen molar-refractivity contribution in [3.8, 4) is 0 Å². The lowest BCUT2D eigenvalue weighted by Gasteiger charge is -2.30. The van der Waals surface area contributed by atoms with Crippen LogP contribution in [0.1, 0.15) is 43.5 Å². The molecule has 0 saturated carbocycles. The molecule has 1 aliphatic heterocycles. The highest BCUT2D eigenvalue weighted by Gasteiger charge is 2.32. The third-order valence-corrected chi connectivity index (χ3v) is 8.61. The maximum Gasteiger partial charge on any atom is 0.253 e. The normalized spacial score (nSPS) is 16.7. The average Bonchev–Trinajstić information content (AvgIpc) is 3.30. The van der Waals surface area contributed by atoms with Gasteiger partial charge in [-0.05, 0) is 49.8 Å². The van der Waals surface area contributed by atoms with Gasteiger partial charge >= 0.3 is 0 Å². The zero-order valence-corrected chi connectivity index (χ0v) is 18.8. The molecular formula is C21H27N3O4S2. The number of anilines is 1. The van der Waals surface area contributed by atoms with Gasteiger partial charge in [0.05, 0.1) is 11.3 Å². The van der Waals surface area contributed by atoms with Gasteiger partial charge < -0.3 is 10.6 Å². The Labute approximate surface area is 181 Å². The van der Waals surface area contributed by atoms with E-state index in [1.165, 1.54) is 15.6 Å². The second-order valence-electron chi connectivity index (χ2n) is 7.43. The molecule has 9 heteroatoms. The number of carbonyl (C=O) groups is 2. The number of carbonyl (C=O) groups excluding carboxylic acids is 2. The first-order valence-electron chi connectivity index (χ1n) is 10.1. The molecule has 1 aromatic carbocycles. The van der Waals surface area contributed by atoms with E-state index in [0.717, 1.165) is 6.42 Å². The Morgan fingerprint density at radius 2 is 1.87 bits per heavy atom. The summed E-state index contributed by atoms with van der Waals surface area (Å²) in [5.74, 6) is -0.713. The molecule has 0 bridgehead atoms. The van der Waals surface area contributed by atoms with Gasteiger partial charge in [-0.3, -0.25) is 9.59 Å². The van der Waals surface area contributed by atoms with Crippen LogP contribution in [0.25, 0.3) is 0 Å². The molecule has 162 valence electrons. The Morgan fingerprint density at radius 1 is 1.17 bits per heavy atom. The number of rotatable bonds is 7. The molecule has 2 aromatic rings. The minimum absolute atomic E-state index is 0.0379. The fraction of sp³-hybridized carbons (Fsp3) is 0.429. The molecule has 7 nitrogen and oxygen atoms in total. The van der Waals surface area contributed by atoms with Crippen LogP contribution in [0, 0.1) is 5.92 Å². The summed E-state index contributed by atoms with van der Waals surface area (Å²) in [4.78, 5) is 25.3. The highest BCUT2D eigenvalue weighted by Crippen LogP contribution is 2.27. The number of amides is 2. The van der Waals surface area contributed by atoms with Gasteiger partial charge in [0.15, 0.2) is 0 Å². The van der Waals surface area contributed by atoms with Crippen LogP contribution in [-0.2, 0) is 14.8 Å². The number of hydrogen-bond donors (Lipinski definition) is 2. The van der Waals surface area contributed by atoms with Crippen LogP contribution >= 0.6 is 11.3 Å². The van der Waals surface area contributed by atoms with Crippen molar-refractivity contribution in [3.05, 3.63) is 47.3 Å². The number of nitrogens with one attached hydrogen (secondary N) is 2. The van der Waals surface area contributed by atoms with Gasteiger partial charge in [-0.15, -0.1) is 11.3 Å². The van der Waals surface area contributed by atoms with Crippen molar-refractivity contribution in [2.75, 3.05) is 18.4 Å². The van der Waals surface area contributed by atoms with E-state index in [2.05, 4.69) is 10.6 Å². The summed E-state index contributed by atoms with van der Waals surface area (Å²) in [5.41, 5.74) is 0.890. The van der Waals surface area contributed by atoms with Crippen molar-refractivity contribution >= 4 is 38.9 Å². The molecule has 3 rings (SSSR count). The molecule has 30 heavy (non-hydrogen) atoms. The monoisotopic (exact) mass is 449 g/mol. The van der Waals surface area contributed by atoms with Gasteiger partial charge in [0.2, 0.25) is 5.91 Å². The van der Waals surface area contributed by atoms with Gasteiger partial charge in [0.25, 0.3) is 15.9 Å². The fourth-order valence-corrected chi connectivity index (χ4v) is 5.94. The van der Waals surface area contributed by atoms with E-state index < -0.39 is 10.0 Å². The Hall–Kier alpha value is -2.23. The van der Waals surface area contributed by atoms with E-state index in [4.69, 9.17) is 0 Å². The summed E-state index contributed by atoms with van der Waals surface area (Å²) >= 11 is 1.20. The van der Waals surface area contributed by atoms with Crippen LogP contribution in [0.5, 0.6) is 0 Å². The van der Waals surface area contributed by atoms with Crippen molar-refractivity contribution in [2.45, 2.75) is 43.4 Å². The predicted octanol–water partition coefficient (Wildman–Crippen LogP) is 3.32. The van der Waals surface area contributed by atoms with E-state index in [1.807, 2.05) is 13.8 Å². The topological polar surface area (TPSA) is 95.6 Å². The van der Waals surface area contributed by atoms with Crippen molar-refractivity contribution in [2.24, 2.45) is 5.92 Å². The molecule has 2 heterocycles. The van der Waals surface area contributed by atoms with Crippen LogP contribution in [-0.4, -0.2) is 43.7 Å². The lowest BCUT2D eigenvalue weighted by Crippen LogP contribution is -2.41. The number of sulfonamides is 1. The summed E-state index contributed by atoms with van der Waals surface area (Å²) < 4.78 is 27.0. The molecule has 1 unspecified atom stereocenters. The van der Waals surface area contributed by atoms with Gasteiger partial charge in [0.1, 0.15) is 4.21 Å². The van der Waals surface area contributed by atoms with Crippen LogP contribution in [0.15, 0.2) is 46.0 Å². The van der Waals surface area contributed by atoms with E-state index in [0.29, 0.717) is 41.4 Å². The second kappa shape index (κ2) is 9.72. The van der Waals surface area contributed by atoms with Crippen LogP contribution in [0.4, 0.5) is 5.69 Å². The molecule has 1 atom stereocenters. The number of thiophene rings is 1. The zero-order valence-electron chi connectivity index (χ0n) is 17.1. The lowest BCUT2D eigenvalue weighted by molar-refractivity contribution is -0.120. The van der Waals surface area contributed by atoms with Gasteiger partial charge in [-0.1, -0.05) is 25.1 Å². The summed E-state index contributed by atoms with van der Waals surface area (Å²) in [6, 6.07) is 10.3. The fourth-order valence-electron chi connectivity index (χ4n) is 3.32. The molecule has 0 spiro atoms. The number of para-hydroxylation sites is 1. The maximum atomic E-state index is 12.8. The van der Waals surface area contributed by atoms with E-state index in [1.54, 1.807) is 41.8 Å². The van der Waals surface area contributed by atoms with Crippen molar-refractivity contribution in [1.82, 2.24) is 9.62 Å². The summed E-state index contributed by atoms with van der Waals surface area (Å²) in [6.07, 6.45) is 1.70. The first-order valence-corrected chi connectivity index (χ1v) is 12.4. The number of nitrogens with zero attached hydrogens (tertiary/aromatic N) is 1. The molecule has 2 N–H and O–H groups in total. The Kier molecular flexibility index (Phi) is 7.27. The maximum absolute atomic E-state index is 12.8. The SMILES string of the molecule is CCC(C)NC(=O)c1ccccc1NC(=O)C1CCN(S(=O)(=O)c2cccs2)CC1. The van der Waals surface area contributed by atoms with Crippen molar-refractivity contribution < 1.29 is 18.0 Å². The lowest BCUT2D eigenvalue weighted by atomic mass is 9.97. The van der Waals surface area contributed by atoms with Crippen molar-refractivity contribution in [3.63, 3.8) is 0 Å². The van der Waals surface area contributed by atoms with Gasteiger partial charge in [-0.25, -0.2) is 8.42 Å². The minimum Gasteiger partial charge on any atom is -0.350 e. The second-order valence-corrected chi connectivity index (χ2v) is 10.5. The molecule has 2 amide bonds. The van der Waals surface area contributed by atoms with Crippen LogP contribution in [0.3, 0.4) is 0 Å². The molecular weight excluding hydrogens is 422 g/mol. The predicted molar refractivity (Wildman–Crippen MR) is 118 cm³/mol. The first-order chi connectivity index (χ1) is 14.3. The standard InChI is InChI=1S/C21H27N3O4S2/c1-3-15(2)22-21(26)17-7-4-5-8-18(17)23-20(25)16-10-12-24(13-11-16)30(27,28)19-9-6-14-29-19/h4-9,14-16H,3,10-13H2,1-2H3,(H,22,26)(H,23,25). The van der Waals surface area contributed by atoms with Gasteiger partial charge in [0, 0.05) is 25.0 Å². The Bertz CT molecular complexity index is 981. The zero-order chi connectivity index (χ0) is 21.7. The molecule has 1 saturated heterocycles. The third kappa shape index (κ3) is 5.08. The van der Waals surface area contributed by atoms with Crippen molar-refractivity contribution in [1.29, 1.82) is 0 Å². The van der Waals surface area contributed by atoms with Gasteiger partial charge in [-0.2, -0.15) is 4.31 Å². The molecule has 0 aliphatic carbocycles. The smallest absolute Gasteiger partial charge is 0.253 e. The number of benzene rings is 1. The highest BCUT2D eigenvalue weighted by molar-refractivity contribution is 7.91. The Balaban J connectivity index is 1.62. The molecule has 1 aliphatic rings. The van der Waals surface area contributed by atoms with E-state index in [-0.39, 0.29) is 23.8 Å². The number of hydrogen-bond acceptors (Lipinski definition) is 5. The first kappa shape index (κ1) is 22.5. The Morgan fingerprint density at radius 3 is 2.50 bits per heavy atom. The summed E-state index contributed by atoms with van der Waals surface area (Å²) in [7, 11) is -3.49. The highest BCUT2D eigenvalue weighted by atomic mass is 32.2. The quantitative estimate of drug-likeness (QED) is 0.678. The summed E-state index contributed by atoms with van der Waals surface area (Å²) in [5, 5.41) is 7.52. The largest absolute Gasteiger partial charge is 0.350 e.